The van der Waals surface area contributed by atoms with Crippen LogP contribution in [0.4, 0.5) is 13.2 Å². The Morgan fingerprint density at radius 1 is 1.33 bits per heavy atom. The minimum atomic E-state index is -4.36. The van der Waals surface area contributed by atoms with Crippen molar-refractivity contribution in [2.24, 2.45) is 0 Å². The number of nitrogens with one attached hydrogen (secondary N) is 1. The molecule has 0 aliphatic carbocycles. The highest BCUT2D eigenvalue weighted by molar-refractivity contribution is 7.07. The van der Waals surface area contributed by atoms with E-state index >= 15 is 0 Å². The third-order valence-corrected chi connectivity index (χ3v) is 3.93. The highest BCUT2D eigenvalue weighted by Gasteiger charge is 2.35. The topological polar surface area (TPSA) is 24.9 Å². The van der Waals surface area contributed by atoms with E-state index in [2.05, 4.69) is 10.3 Å². The van der Waals surface area contributed by atoms with Crippen molar-refractivity contribution >= 4 is 11.3 Å². The lowest BCUT2D eigenvalue weighted by Gasteiger charge is -2.22. The SMILES string of the molecule is CCCNC(Cc1ccsc1)c1cnccc1C(F)(F)F. The first-order valence-electron chi connectivity index (χ1n) is 6.78. The lowest BCUT2D eigenvalue weighted by Crippen LogP contribution is -2.26. The Morgan fingerprint density at radius 3 is 2.76 bits per heavy atom. The largest absolute Gasteiger partial charge is 0.416 e. The fraction of sp³-hybridized carbons (Fsp3) is 0.400. The standard InChI is InChI=1S/C15H17F3N2S/c1-2-5-20-14(8-11-4-7-21-10-11)12-9-19-6-3-13(12)15(16,17)18/h3-4,6-7,9-10,14,20H,2,5,8H2,1H3. The van der Waals surface area contributed by atoms with Crippen molar-refractivity contribution in [2.45, 2.75) is 32.0 Å². The summed E-state index contributed by atoms with van der Waals surface area (Å²) in [6.45, 7) is 2.66. The highest BCUT2D eigenvalue weighted by Crippen LogP contribution is 2.35. The molecule has 2 aromatic rings. The first-order valence-corrected chi connectivity index (χ1v) is 7.72. The van der Waals surface area contributed by atoms with Gasteiger partial charge in [0.1, 0.15) is 0 Å². The van der Waals surface area contributed by atoms with E-state index in [0.29, 0.717) is 13.0 Å². The van der Waals surface area contributed by atoms with Crippen LogP contribution < -0.4 is 5.32 Å². The van der Waals surface area contributed by atoms with Gasteiger partial charge in [-0.05, 0) is 53.4 Å². The second-order valence-electron chi connectivity index (χ2n) is 4.80. The molecule has 2 heterocycles. The van der Waals surface area contributed by atoms with E-state index in [1.165, 1.54) is 12.4 Å². The zero-order chi connectivity index (χ0) is 15.3. The summed E-state index contributed by atoms with van der Waals surface area (Å²) < 4.78 is 39.5. The summed E-state index contributed by atoms with van der Waals surface area (Å²) in [5.41, 5.74) is 0.636. The van der Waals surface area contributed by atoms with E-state index < -0.39 is 11.7 Å². The molecular formula is C15H17F3N2S. The van der Waals surface area contributed by atoms with Gasteiger partial charge in [0.05, 0.1) is 5.56 Å². The van der Waals surface area contributed by atoms with Crippen LogP contribution in [0.1, 0.15) is 36.1 Å². The van der Waals surface area contributed by atoms with Crippen molar-refractivity contribution < 1.29 is 13.2 Å². The third-order valence-electron chi connectivity index (χ3n) is 3.19. The van der Waals surface area contributed by atoms with Gasteiger partial charge in [-0.3, -0.25) is 4.98 Å². The first-order chi connectivity index (χ1) is 10.0. The number of thiophene rings is 1. The summed E-state index contributed by atoms with van der Waals surface area (Å²) in [5.74, 6) is 0. The number of alkyl halides is 3. The highest BCUT2D eigenvalue weighted by atomic mass is 32.1. The molecule has 0 aliphatic heterocycles. The van der Waals surface area contributed by atoms with Crippen LogP contribution >= 0.6 is 11.3 Å². The lowest BCUT2D eigenvalue weighted by atomic mass is 9.97. The second-order valence-corrected chi connectivity index (χ2v) is 5.58. The second kappa shape index (κ2) is 7.04. The van der Waals surface area contributed by atoms with E-state index in [0.717, 1.165) is 18.1 Å². The zero-order valence-corrected chi connectivity index (χ0v) is 12.5. The number of pyridine rings is 1. The number of hydrogen-bond donors (Lipinski definition) is 1. The van der Waals surface area contributed by atoms with E-state index in [-0.39, 0.29) is 11.6 Å². The summed E-state index contributed by atoms with van der Waals surface area (Å²) in [6.07, 6.45) is -0.463. The minimum absolute atomic E-state index is 0.213. The van der Waals surface area contributed by atoms with Crippen molar-refractivity contribution in [2.75, 3.05) is 6.54 Å². The Hall–Kier alpha value is -1.40. The molecule has 1 atom stereocenters. The number of halogens is 3. The monoisotopic (exact) mass is 314 g/mol. The van der Waals surface area contributed by atoms with Crippen LogP contribution in [0.25, 0.3) is 0 Å². The van der Waals surface area contributed by atoms with E-state index in [4.69, 9.17) is 0 Å². The molecule has 2 aromatic heterocycles. The Morgan fingerprint density at radius 2 is 2.14 bits per heavy atom. The molecule has 0 radical (unpaired) electrons. The quantitative estimate of drug-likeness (QED) is 0.852. The average Bonchev–Trinajstić information content (AvgIpc) is 2.95. The van der Waals surface area contributed by atoms with Gasteiger partial charge in [-0.1, -0.05) is 6.92 Å². The maximum atomic E-state index is 13.2. The zero-order valence-electron chi connectivity index (χ0n) is 11.7. The van der Waals surface area contributed by atoms with Crippen LogP contribution in [0, 0.1) is 0 Å². The van der Waals surface area contributed by atoms with Crippen molar-refractivity contribution in [1.82, 2.24) is 10.3 Å². The van der Waals surface area contributed by atoms with Gasteiger partial charge in [0.15, 0.2) is 0 Å². The van der Waals surface area contributed by atoms with Crippen LogP contribution in [0.2, 0.25) is 0 Å². The van der Waals surface area contributed by atoms with Gasteiger partial charge in [-0.25, -0.2) is 0 Å². The Balaban J connectivity index is 2.32. The molecule has 2 nitrogen and oxygen atoms in total. The molecule has 6 heteroatoms. The molecule has 0 amide bonds. The summed E-state index contributed by atoms with van der Waals surface area (Å²) in [7, 11) is 0. The Kier molecular flexibility index (Phi) is 5.36. The lowest BCUT2D eigenvalue weighted by molar-refractivity contribution is -0.138. The summed E-state index contributed by atoms with van der Waals surface area (Å²) in [5, 5.41) is 7.09. The molecule has 0 fully saturated rings. The van der Waals surface area contributed by atoms with Gasteiger partial charge in [-0.2, -0.15) is 24.5 Å². The maximum Gasteiger partial charge on any atom is 0.416 e. The van der Waals surface area contributed by atoms with Gasteiger partial charge in [0.25, 0.3) is 0 Å². The molecule has 0 aliphatic rings. The molecule has 0 saturated carbocycles. The third kappa shape index (κ3) is 4.28. The number of hydrogen-bond acceptors (Lipinski definition) is 3. The summed E-state index contributed by atoms with van der Waals surface area (Å²) in [6, 6.07) is 2.60. The van der Waals surface area contributed by atoms with Gasteiger partial charge in [-0.15, -0.1) is 0 Å². The maximum absolute atomic E-state index is 13.2. The van der Waals surface area contributed by atoms with E-state index in [9.17, 15) is 13.2 Å². The Bertz CT molecular complexity index is 552. The fourth-order valence-corrected chi connectivity index (χ4v) is 2.88. The van der Waals surface area contributed by atoms with Crippen LogP contribution in [0.15, 0.2) is 35.3 Å². The summed E-state index contributed by atoms with van der Waals surface area (Å²) in [4.78, 5) is 3.88. The molecule has 0 bridgehead atoms. The van der Waals surface area contributed by atoms with Crippen molar-refractivity contribution in [3.05, 3.63) is 52.0 Å². The van der Waals surface area contributed by atoms with Crippen LogP contribution in [-0.4, -0.2) is 11.5 Å². The number of aromatic nitrogens is 1. The summed E-state index contributed by atoms with van der Waals surface area (Å²) >= 11 is 1.54. The normalized spacial score (nSPS) is 13.3. The fourth-order valence-electron chi connectivity index (χ4n) is 2.20. The van der Waals surface area contributed by atoms with Crippen molar-refractivity contribution in [3.8, 4) is 0 Å². The average molecular weight is 314 g/mol. The Labute approximate surface area is 126 Å². The number of nitrogens with zero attached hydrogens (tertiary/aromatic N) is 1. The van der Waals surface area contributed by atoms with E-state index in [1.54, 1.807) is 11.3 Å². The van der Waals surface area contributed by atoms with Gasteiger partial charge < -0.3 is 5.32 Å². The smallest absolute Gasteiger partial charge is 0.310 e. The minimum Gasteiger partial charge on any atom is -0.310 e. The molecule has 0 spiro atoms. The molecular weight excluding hydrogens is 297 g/mol. The molecule has 1 N–H and O–H groups in total. The van der Waals surface area contributed by atoms with Gasteiger partial charge in [0.2, 0.25) is 0 Å². The van der Waals surface area contributed by atoms with E-state index in [1.807, 2.05) is 23.8 Å². The molecule has 114 valence electrons. The predicted octanol–water partition coefficient (Wildman–Crippen LogP) is 4.45. The molecule has 21 heavy (non-hydrogen) atoms. The molecule has 0 aromatic carbocycles. The molecule has 1 unspecified atom stereocenters. The number of rotatable bonds is 6. The van der Waals surface area contributed by atoms with Gasteiger partial charge >= 0.3 is 6.18 Å². The van der Waals surface area contributed by atoms with Crippen LogP contribution in [-0.2, 0) is 12.6 Å². The predicted molar refractivity (Wildman–Crippen MR) is 78.3 cm³/mol. The van der Waals surface area contributed by atoms with Gasteiger partial charge in [0, 0.05) is 18.4 Å². The molecule has 0 saturated heterocycles. The van der Waals surface area contributed by atoms with Crippen molar-refractivity contribution in [1.29, 1.82) is 0 Å². The van der Waals surface area contributed by atoms with Crippen LogP contribution in [0.3, 0.4) is 0 Å². The molecule has 2 rings (SSSR count). The van der Waals surface area contributed by atoms with Crippen molar-refractivity contribution in [3.63, 3.8) is 0 Å². The first kappa shape index (κ1) is 16.0. The van der Waals surface area contributed by atoms with Crippen LogP contribution in [0.5, 0.6) is 0 Å².